The van der Waals surface area contributed by atoms with E-state index in [0.717, 1.165) is 38.1 Å². The Hall–Kier alpha value is -1.85. The fourth-order valence-electron chi connectivity index (χ4n) is 3.11. The smallest absolute Gasteiger partial charge is 0.179 e. The van der Waals surface area contributed by atoms with Crippen molar-refractivity contribution in [2.45, 2.75) is 26.4 Å². The average Bonchev–Trinajstić information content (AvgIpc) is 2.72. The Morgan fingerprint density at radius 2 is 1.82 bits per heavy atom. The van der Waals surface area contributed by atoms with Crippen LogP contribution in [-0.4, -0.2) is 20.1 Å². The van der Waals surface area contributed by atoms with Crippen LogP contribution in [0.15, 0.2) is 28.7 Å². The third kappa shape index (κ3) is 1.63. The number of benzene rings is 1. The van der Waals surface area contributed by atoms with Gasteiger partial charge in [-0.25, -0.2) is 15.0 Å². The first-order valence-electron chi connectivity index (χ1n) is 7.08. The van der Waals surface area contributed by atoms with Crippen molar-refractivity contribution in [1.82, 2.24) is 15.0 Å². The molecule has 3 aromatic rings. The Kier molecular flexibility index (Phi) is 2.72. The van der Waals surface area contributed by atoms with E-state index in [1.165, 1.54) is 0 Å². The molecule has 0 amide bonds. The third-order valence-electron chi connectivity index (χ3n) is 4.32. The van der Waals surface area contributed by atoms with Gasteiger partial charge in [-0.1, -0.05) is 24.3 Å². The molecule has 0 bridgehead atoms. The lowest BCUT2D eigenvalue weighted by Gasteiger charge is -2.18. The number of aliphatic hydroxyl groups is 1. The highest BCUT2D eigenvalue weighted by atomic mass is 79.9. The minimum atomic E-state index is -1.13. The van der Waals surface area contributed by atoms with Gasteiger partial charge in [-0.2, -0.15) is 0 Å². The molecule has 0 spiro atoms. The molecular formula is C17H14BrN3O. The van der Waals surface area contributed by atoms with Gasteiger partial charge in [0.15, 0.2) is 5.65 Å². The second kappa shape index (κ2) is 4.33. The second-order valence-corrected chi connectivity index (χ2v) is 6.64. The number of pyridine rings is 1. The van der Waals surface area contributed by atoms with Gasteiger partial charge in [-0.05, 0) is 47.8 Å². The largest absolute Gasteiger partial charge is 0.379 e. The van der Waals surface area contributed by atoms with Crippen molar-refractivity contribution in [3.05, 3.63) is 51.3 Å². The lowest BCUT2D eigenvalue weighted by atomic mass is 9.97. The normalized spacial score (nSPS) is 19.3. The van der Waals surface area contributed by atoms with Gasteiger partial charge in [0.2, 0.25) is 0 Å². The van der Waals surface area contributed by atoms with Crippen LogP contribution < -0.4 is 0 Å². The maximum atomic E-state index is 10.9. The summed E-state index contributed by atoms with van der Waals surface area (Å²) in [5.74, 6) is 0. The van der Waals surface area contributed by atoms with E-state index in [1.807, 2.05) is 38.1 Å². The van der Waals surface area contributed by atoms with Crippen molar-refractivity contribution in [2.24, 2.45) is 0 Å². The maximum absolute atomic E-state index is 10.9. The van der Waals surface area contributed by atoms with Crippen LogP contribution in [0.5, 0.6) is 0 Å². The van der Waals surface area contributed by atoms with Gasteiger partial charge < -0.3 is 5.11 Å². The second-order valence-electron chi connectivity index (χ2n) is 5.85. The van der Waals surface area contributed by atoms with Crippen molar-refractivity contribution in [2.75, 3.05) is 0 Å². The predicted octanol–water partition coefficient (Wildman–Crippen LogP) is 3.64. The van der Waals surface area contributed by atoms with Gasteiger partial charge in [0.25, 0.3) is 0 Å². The molecule has 4 rings (SSSR count). The SMILES string of the molecule is Cc1nc2nc3c(nc2c(C)c1Br)C(C)(O)c1ccccc1-3. The minimum Gasteiger partial charge on any atom is -0.379 e. The summed E-state index contributed by atoms with van der Waals surface area (Å²) in [6, 6.07) is 7.75. The lowest BCUT2D eigenvalue weighted by Crippen LogP contribution is -2.21. The third-order valence-corrected chi connectivity index (χ3v) is 5.49. The van der Waals surface area contributed by atoms with Crippen LogP contribution in [-0.2, 0) is 5.60 Å². The Labute approximate surface area is 136 Å². The number of nitrogens with zero attached hydrogens (tertiary/aromatic N) is 3. The summed E-state index contributed by atoms with van der Waals surface area (Å²) in [6.07, 6.45) is 0. The standard InChI is InChI=1S/C17H14BrN3O/c1-8-12(18)9(2)19-16-13(8)20-15-14(21-16)10-6-4-5-7-11(10)17(15,3)22/h4-7,22H,1-3H3. The van der Waals surface area contributed by atoms with Gasteiger partial charge in [-0.15, -0.1) is 0 Å². The maximum Gasteiger partial charge on any atom is 0.179 e. The molecule has 2 heterocycles. The van der Waals surface area contributed by atoms with Gasteiger partial charge in [0.05, 0.1) is 11.4 Å². The highest BCUT2D eigenvalue weighted by molar-refractivity contribution is 9.10. The van der Waals surface area contributed by atoms with E-state index < -0.39 is 5.60 Å². The summed E-state index contributed by atoms with van der Waals surface area (Å²) in [5, 5.41) is 10.9. The highest BCUT2D eigenvalue weighted by Crippen LogP contribution is 2.45. The van der Waals surface area contributed by atoms with E-state index >= 15 is 0 Å². The van der Waals surface area contributed by atoms with Gasteiger partial charge >= 0.3 is 0 Å². The van der Waals surface area contributed by atoms with Crippen LogP contribution in [0.2, 0.25) is 0 Å². The monoisotopic (exact) mass is 355 g/mol. The molecule has 2 aromatic heterocycles. The summed E-state index contributed by atoms with van der Waals surface area (Å²) in [7, 11) is 0. The molecule has 4 nitrogen and oxygen atoms in total. The number of hydrogen-bond donors (Lipinski definition) is 1. The Morgan fingerprint density at radius 1 is 1.09 bits per heavy atom. The average molecular weight is 356 g/mol. The molecule has 1 aromatic carbocycles. The summed E-state index contributed by atoms with van der Waals surface area (Å²) < 4.78 is 0.935. The molecule has 5 heteroatoms. The summed E-state index contributed by atoms with van der Waals surface area (Å²) in [4.78, 5) is 14.0. The van der Waals surface area contributed by atoms with E-state index in [4.69, 9.17) is 9.97 Å². The molecule has 110 valence electrons. The molecule has 1 unspecified atom stereocenters. The zero-order chi connectivity index (χ0) is 15.6. The Morgan fingerprint density at radius 3 is 2.59 bits per heavy atom. The van der Waals surface area contributed by atoms with Crippen molar-refractivity contribution < 1.29 is 5.11 Å². The van der Waals surface area contributed by atoms with Crippen LogP contribution in [0.3, 0.4) is 0 Å². The van der Waals surface area contributed by atoms with Crippen LogP contribution in [0.25, 0.3) is 22.4 Å². The topological polar surface area (TPSA) is 58.9 Å². The van der Waals surface area contributed by atoms with Crippen molar-refractivity contribution >= 4 is 27.1 Å². The molecule has 1 aliphatic carbocycles. The summed E-state index contributed by atoms with van der Waals surface area (Å²) in [6.45, 7) is 5.69. The molecule has 0 saturated heterocycles. The molecule has 1 aliphatic rings. The quantitative estimate of drug-likeness (QED) is 0.668. The first kappa shape index (κ1) is 13.8. The number of hydrogen-bond acceptors (Lipinski definition) is 4. The minimum absolute atomic E-state index is 0.599. The zero-order valence-corrected chi connectivity index (χ0v) is 14.1. The fourth-order valence-corrected chi connectivity index (χ4v) is 3.38. The summed E-state index contributed by atoms with van der Waals surface area (Å²) >= 11 is 3.54. The van der Waals surface area contributed by atoms with E-state index in [1.54, 1.807) is 6.92 Å². The van der Waals surface area contributed by atoms with Crippen LogP contribution in [0, 0.1) is 13.8 Å². The molecule has 0 aliphatic heterocycles. The number of fused-ring (bicyclic) bond motifs is 4. The van der Waals surface area contributed by atoms with Crippen LogP contribution >= 0.6 is 15.9 Å². The molecule has 22 heavy (non-hydrogen) atoms. The van der Waals surface area contributed by atoms with E-state index in [0.29, 0.717) is 11.3 Å². The molecule has 1 atom stereocenters. The zero-order valence-electron chi connectivity index (χ0n) is 12.5. The van der Waals surface area contributed by atoms with Crippen molar-refractivity contribution in [1.29, 1.82) is 0 Å². The lowest BCUT2D eigenvalue weighted by molar-refractivity contribution is 0.103. The summed E-state index contributed by atoms with van der Waals surface area (Å²) in [5.41, 5.74) is 5.18. The molecule has 0 saturated carbocycles. The molecular weight excluding hydrogens is 342 g/mol. The van der Waals surface area contributed by atoms with Crippen molar-refractivity contribution in [3.8, 4) is 11.3 Å². The first-order valence-corrected chi connectivity index (χ1v) is 7.87. The molecule has 1 N–H and O–H groups in total. The first-order chi connectivity index (χ1) is 10.4. The van der Waals surface area contributed by atoms with Gasteiger partial charge in [0.1, 0.15) is 16.8 Å². The Balaban J connectivity index is 2.15. The number of aryl methyl sites for hydroxylation is 2. The fraction of sp³-hybridized carbons (Fsp3) is 0.235. The number of rotatable bonds is 0. The van der Waals surface area contributed by atoms with Crippen LogP contribution in [0.1, 0.15) is 29.4 Å². The van der Waals surface area contributed by atoms with E-state index in [-0.39, 0.29) is 0 Å². The van der Waals surface area contributed by atoms with Gasteiger partial charge in [-0.3, -0.25) is 0 Å². The predicted molar refractivity (Wildman–Crippen MR) is 88.6 cm³/mol. The molecule has 0 radical (unpaired) electrons. The Bertz CT molecular complexity index is 950. The van der Waals surface area contributed by atoms with Crippen molar-refractivity contribution in [3.63, 3.8) is 0 Å². The number of halogens is 1. The van der Waals surface area contributed by atoms with E-state index in [9.17, 15) is 5.11 Å². The number of aromatic nitrogens is 3. The molecule has 0 fully saturated rings. The van der Waals surface area contributed by atoms with Crippen LogP contribution in [0.4, 0.5) is 0 Å². The van der Waals surface area contributed by atoms with Gasteiger partial charge in [0, 0.05) is 10.0 Å². The highest BCUT2D eigenvalue weighted by Gasteiger charge is 2.40. The van der Waals surface area contributed by atoms with E-state index in [2.05, 4.69) is 20.9 Å².